The molecule has 0 bridgehead atoms. The summed E-state index contributed by atoms with van der Waals surface area (Å²) in [6.07, 6.45) is 0.483. The van der Waals surface area contributed by atoms with E-state index in [0.29, 0.717) is 6.42 Å². The second-order valence-corrected chi connectivity index (χ2v) is 4.38. The van der Waals surface area contributed by atoms with E-state index in [1.54, 1.807) is 0 Å². The molecular weight excluding hydrogens is 228 g/mol. The van der Waals surface area contributed by atoms with Crippen LogP contribution in [-0.4, -0.2) is 4.98 Å². The molecule has 0 N–H and O–H groups in total. The molecule has 1 aromatic rings. The minimum Gasteiger partial charge on any atom is -0.245 e. The van der Waals surface area contributed by atoms with Crippen LogP contribution in [0.4, 0.5) is 0 Å². The molecule has 68 valence electrons. The number of nitriles is 1. The summed E-state index contributed by atoms with van der Waals surface area (Å²) in [6, 6.07) is 7.93. The lowest BCUT2D eigenvalue weighted by atomic mass is 9.86. The zero-order valence-corrected chi connectivity index (χ0v) is 9.30. The minimum atomic E-state index is -0.168. The molecule has 0 radical (unpaired) electrons. The maximum Gasteiger partial charge on any atom is 0.106 e. The topological polar surface area (TPSA) is 36.7 Å². The Bertz CT molecular complexity index is 339. The Morgan fingerprint density at radius 3 is 2.77 bits per heavy atom. The van der Waals surface area contributed by atoms with Crippen LogP contribution in [0.15, 0.2) is 22.8 Å². The molecule has 1 aromatic heterocycles. The summed E-state index contributed by atoms with van der Waals surface area (Å²) in [6.45, 7) is 4.04. The summed E-state index contributed by atoms with van der Waals surface area (Å²) in [4.78, 5) is 4.33. The van der Waals surface area contributed by atoms with Crippen molar-refractivity contribution in [1.29, 1.82) is 5.26 Å². The molecule has 0 unspecified atom stereocenters. The van der Waals surface area contributed by atoms with Gasteiger partial charge in [-0.2, -0.15) is 5.26 Å². The average Bonchev–Trinajstić information content (AvgIpc) is 2.04. The lowest BCUT2D eigenvalue weighted by Crippen LogP contribution is -2.17. The molecule has 1 rings (SSSR count). The first-order chi connectivity index (χ1) is 6.06. The second-order valence-electron chi connectivity index (χ2n) is 3.56. The van der Waals surface area contributed by atoms with E-state index >= 15 is 0 Å². The van der Waals surface area contributed by atoms with E-state index in [0.717, 1.165) is 10.3 Å². The van der Waals surface area contributed by atoms with Gasteiger partial charge in [-0.25, -0.2) is 4.98 Å². The van der Waals surface area contributed by atoms with Crippen LogP contribution in [0.1, 0.15) is 26.0 Å². The van der Waals surface area contributed by atoms with Gasteiger partial charge in [0.1, 0.15) is 4.60 Å². The van der Waals surface area contributed by atoms with Crippen molar-refractivity contribution in [3.63, 3.8) is 0 Å². The van der Waals surface area contributed by atoms with Crippen LogP contribution in [0.3, 0.4) is 0 Å². The molecule has 0 spiro atoms. The third-order valence-electron chi connectivity index (χ3n) is 1.93. The summed E-state index contributed by atoms with van der Waals surface area (Å²) in [5.41, 5.74) is 0.779. The fourth-order valence-corrected chi connectivity index (χ4v) is 1.42. The monoisotopic (exact) mass is 238 g/mol. The summed E-state index contributed by atoms with van der Waals surface area (Å²) < 4.78 is 0.816. The largest absolute Gasteiger partial charge is 0.245 e. The van der Waals surface area contributed by atoms with Gasteiger partial charge in [0.15, 0.2) is 0 Å². The zero-order chi connectivity index (χ0) is 9.90. The predicted octanol–water partition coefficient (Wildman–Crippen LogP) is 3.04. The molecule has 0 saturated heterocycles. The number of nitrogens with zero attached hydrogens (tertiary/aromatic N) is 2. The van der Waals surface area contributed by atoms with Crippen molar-refractivity contribution in [1.82, 2.24) is 4.98 Å². The van der Waals surface area contributed by atoms with Crippen LogP contribution in [0.25, 0.3) is 0 Å². The lowest BCUT2D eigenvalue weighted by molar-refractivity contribution is 0.521. The predicted molar refractivity (Wildman–Crippen MR) is 55.2 cm³/mol. The van der Waals surface area contributed by atoms with E-state index in [4.69, 9.17) is 5.26 Å². The molecular formula is C10H11BrN2. The lowest BCUT2D eigenvalue weighted by Gasteiger charge is -2.20. The molecule has 0 fully saturated rings. The van der Waals surface area contributed by atoms with Crippen molar-refractivity contribution in [3.05, 3.63) is 28.5 Å². The molecule has 0 aromatic carbocycles. The van der Waals surface area contributed by atoms with Crippen molar-refractivity contribution < 1.29 is 0 Å². The van der Waals surface area contributed by atoms with Gasteiger partial charge in [-0.15, -0.1) is 0 Å². The first kappa shape index (κ1) is 10.2. The standard InChI is InChI=1S/C10H11BrN2/c1-10(2,6-7-12)8-4-3-5-9(11)13-8/h3-5H,6H2,1-2H3. The Hall–Kier alpha value is -0.880. The van der Waals surface area contributed by atoms with Crippen LogP contribution in [0, 0.1) is 11.3 Å². The number of aromatic nitrogens is 1. The number of hydrogen-bond donors (Lipinski definition) is 0. The fourth-order valence-electron chi connectivity index (χ4n) is 1.07. The Kier molecular flexibility index (Phi) is 3.05. The molecule has 0 aliphatic carbocycles. The molecule has 0 aliphatic rings. The Labute approximate surface area is 86.7 Å². The van der Waals surface area contributed by atoms with Crippen molar-refractivity contribution in [2.75, 3.05) is 0 Å². The van der Waals surface area contributed by atoms with Gasteiger partial charge in [-0.1, -0.05) is 19.9 Å². The van der Waals surface area contributed by atoms with Gasteiger partial charge >= 0.3 is 0 Å². The van der Waals surface area contributed by atoms with E-state index in [1.807, 2.05) is 32.0 Å². The third kappa shape index (κ3) is 2.53. The maximum atomic E-state index is 8.64. The van der Waals surface area contributed by atoms with Gasteiger partial charge in [-0.05, 0) is 28.1 Å². The Balaban J connectivity index is 3.01. The number of rotatable bonds is 2. The average molecular weight is 239 g/mol. The molecule has 3 heteroatoms. The van der Waals surface area contributed by atoms with Crippen molar-refractivity contribution in [2.24, 2.45) is 0 Å². The SMILES string of the molecule is CC(C)(CC#N)c1cccc(Br)n1. The van der Waals surface area contributed by atoms with Crippen LogP contribution in [-0.2, 0) is 5.41 Å². The molecule has 0 amide bonds. The van der Waals surface area contributed by atoms with Crippen molar-refractivity contribution in [2.45, 2.75) is 25.7 Å². The van der Waals surface area contributed by atoms with Crippen molar-refractivity contribution >= 4 is 15.9 Å². The van der Waals surface area contributed by atoms with Crippen LogP contribution < -0.4 is 0 Å². The fraction of sp³-hybridized carbons (Fsp3) is 0.400. The van der Waals surface area contributed by atoms with Gasteiger partial charge in [0.05, 0.1) is 6.07 Å². The summed E-state index contributed by atoms with van der Waals surface area (Å²) in [7, 11) is 0. The quantitative estimate of drug-likeness (QED) is 0.743. The Morgan fingerprint density at radius 1 is 1.54 bits per heavy atom. The number of hydrogen-bond acceptors (Lipinski definition) is 2. The minimum absolute atomic E-state index is 0.168. The Morgan fingerprint density at radius 2 is 2.23 bits per heavy atom. The maximum absolute atomic E-state index is 8.64. The van der Waals surface area contributed by atoms with Crippen LogP contribution in [0.2, 0.25) is 0 Å². The van der Waals surface area contributed by atoms with Gasteiger partial charge in [0.25, 0.3) is 0 Å². The summed E-state index contributed by atoms with van der Waals surface area (Å²) in [5.74, 6) is 0. The summed E-state index contributed by atoms with van der Waals surface area (Å²) in [5, 5.41) is 8.64. The smallest absolute Gasteiger partial charge is 0.106 e. The van der Waals surface area contributed by atoms with Gasteiger partial charge < -0.3 is 0 Å². The van der Waals surface area contributed by atoms with E-state index in [1.165, 1.54) is 0 Å². The molecule has 1 heterocycles. The first-order valence-electron chi connectivity index (χ1n) is 4.06. The van der Waals surface area contributed by atoms with Crippen molar-refractivity contribution in [3.8, 4) is 6.07 Å². The van der Waals surface area contributed by atoms with Gasteiger partial charge in [0.2, 0.25) is 0 Å². The van der Waals surface area contributed by atoms with E-state index in [-0.39, 0.29) is 5.41 Å². The normalized spacial score (nSPS) is 10.9. The molecule has 0 saturated carbocycles. The van der Waals surface area contributed by atoms with Crippen LogP contribution in [0.5, 0.6) is 0 Å². The van der Waals surface area contributed by atoms with E-state index in [9.17, 15) is 0 Å². The van der Waals surface area contributed by atoms with Gasteiger partial charge in [-0.3, -0.25) is 0 Å². The van der Waals surface area contributed by atoms with E-state index < -0.39 is 0 Å². The molecule has 2 nitrogen and oxygen atoms in total. The highest BCUT2D eigenvalue weighted by molar-refractivity contribution is 9.10. The number of pyridine rings is 1. The van der Waals surface area contributed by atoms with Gasteiger partial charge in [0, 0.05) is 17.5 Å². The first-order valence-corrected chi connectivity index (χ1v) is 4.85. The second kappa shape index (κ2) is 3.89. The molecule has 0 aliphatic heterocycles. The highest BCUT2D eigenvalue weighted by Gasteiger charge is 2.21. The number of halogens is 1. The molecule has 13 heavy (non-hydrogen) atoms. The molecule has 0 atom stereocenters. The highest BCUT2D eigenvalue weighted by Crippen LogP contribution is 2.25. The zero-order valence-electron chi connectivity index (χ0n) is 7.71. The summed E-state index contributed by atoms with van der Waals surface area (Å²) >= 11 is 3.31. The van der Waals surface area contributed by atoms with E-state index in [2.05, 4.69) is 27.0 Å². The third-order valence-corrected chi connectivity index (χ3v) is 2.37. The highest BCUT2D eigenvalue weighted by atomic mass is 79.9. The van der Waals surface area contributed by atoms with Crippen LogP contribution >= 0.6 is 15.9 Å².